The number of hydrogen-bond acceptors (Lipinski definition) is 1. The van der Waals surface area contributed by atoms with E-state index in [0.717, 1.165) is 33.1 Å². The Morgan fingerprint density at radius 3 is 1.62 bits per heavy atom. The first-order valence-electron chi connectivity index (χ1n) is 24.9. The predicted octanol–water partition coefficient (Wildman–Crippen LogP) is 18.7. The van der Waals surface area contributed by atoms with E-state index in [1.165, 1.54) is 88.7 Å². The van der Waals surface area contributed by atoms with Crippen LogP contribution in [0.4, 0.5) is 0 Å². The molecule has 14 rings (SSSR count). The highest BCUT2D eigenvalue weighted by molar-refractivity contribution is 6.10. The molecule has 1 unspecified atom stereocenters. The van der Waals surface area contributed by atoms with Crippen LogP contribution in [0.25, 0.3) is 82.8 Å². The number of nitrogens with zero attached hydrogens (tertiary/aromatic N) is 1. The van der Waals surface area contributed by atoms with Crippen molar-refractivity contribution in [1.82, 2.24) is 4.57 Å². The molecule has 0 fully saturated rings. The molecule has 1 aliphatic rings. The second-order valence-corrected chi connectivity index (χ2v) is 19.0. The Balaban J connectivity index is 0.000000132. The average Bonchev–Trinajstić information content (AvgIpc) is 4.08. The Bertz CT molecular complexity index is 4030. The van der Waals surface area contributed by atoms with Crippen molar-refractivity contribution in [2.24, 2.45) is 0 Å². The monoisotopic (exact) mass is 923 g/mol. The summed E-state index contributed by atoms with van der Waals surface area (Å²) in [7, 11) is 0. The molecule has 0 N–H and O–H groups in total. The molecule has 0 saturated heterocycles. The molecule has 2 aromatic heterocycles. The van der Waals surface area contributed by atoms with Gasteiger partial charge >= 0.3 is 0 Å². The van der Waals surface area contributed by atoms with Crippen LogP contribution in [0.1, 0.15) is 38.9 Å². The molecule has 0 radical (unpaired) electrons. The number of rotatable bonds is 5. The summed E-state index contributed by atoms with van der Waals surface area (Å²) in [6.07, 6.45) is 0. The van der Waals surface area contributed by atoms with Crippen LogP contribution in [0.5, 0.6) is 0 Å². The number of hydrogen-bond donors (Lipinski definition) is 0. The van der Waals surface area contributed by atoms with Gasteiger partial charge in [-0.25, -0.2) is 0 Å². The lowest BCUT2D eigenvalue weighted by Crippen LogP contribution is -2.28. The molecule has 0 amide bonds. The molecule has 2 heteroatoms. The van der Waals surface area contributed by atoms with Crippen LogP contribution in [0, 0.1) is 20.8 Å². The van der Waals surface area contributed by atoms with Gasteiger partial charge in [0, 0.05) is 32.8 Å². The van der Waals surface area contributed by atoms with Crippen molar-refractivity contribution >= 4 is 43.7 Å². The van der Waals surface area contributed by atoms with Gasteiger partial charge in [-0.2, -0.15) is 0 Å². The third-order valence-corrected chi connectivity index (χ3v) is 14.4. The lowest BCUT2D eigenvalue weighted by atomic mass is 9.67. The molecule has 1 aliphatic carbocycles. The van der Waals surface area contributed by atoms with Gasteiger partial charge in [0.1, 0.15) is 11.2 Å². The highest BCUT2D eigenvalue weighted by Gasteiger charge is 2.46. The molecule has 344 valence electrons. The summed E-state index contributed by atoms with van der Waals surface area (Å²) in [5.74, 6) is 0. The Hall–Kier alpha value is -8.98. The first-order valence-corrected chi connectivity index (χ1v) is 24.9. The van der Waals surface area contributed by atoms with Crippen molar-refractivity contribution in [3.8, 4) is 39.1 Å². The summed E-state index contributed by atoms with van der Waals surface area (Å²) < 4.78 is 8.70. The van der Waals surface area contributed by atoms with Crippen LogP contribution in [0.3, 0.4) is 0 Å². The second-order valence-electron chi connectivity index (χ2n) is 19.0. The summed E-state index contributed by atoms with van der Waals surface area (Å²) in [4.78, 5) is 0. The van der Waals surface area contributed by atoms with Crippen molar-refractivity contribution in [2.75, 3.05) is 0 Å². The van der Waals surface area contributed by atoms with E-state index in [4.69, 9.17) is 4.42 Å². The highest BCUT2D eigenvalue weighted by atomic mass is 16.3. The lowest BCUT2D eigenvalue weighted by Gasteiger charge is -2.34. The Morgan fingerprint density at radius 2 is 0.847 bits per heavy atom. The molecule has 1 atom stereocenters. The van der Waals surface area contributed by atoms with Gasteiger partial charge in [-0.15, -0.1) is 0 Å². The van der Waals surface area contributed by atoms with Crippen molar-refractivity contribution in [1.29, 1.82) is 0 Å². The van der Waals surface area contributed by atoms with Crippen LogP contribution in [-0.2, 0) is 5.41 Å². The normalized spacial score (nSPS) is 13.5. The number of aromatic nitrogens is 1. The van der Waals surface area contributed by atoms with Crippen LogP contribution < -0.4 is 0 Å². The zero-order valence-corrected chi connectivity index (χ0v) is 40.8. The average molecular weight is 924 g/mol. The zero-order valence-electron chi connectivity index (χ0n) is 40.8. The third kappa shape index (κ3) is 7.79. The summed E-state index contributed by atoms with van der Waals surface area (Å²) in [5.41, 5.74) is 21.8. The van der Waals surface area contributed by atoms with E-state index in [-0.39, 0.29) is 5.41 Å². The minimum atomic E-state index is -0.386. The minimum Gasteiger partial charge on any atom is -0.455 e. The fourth-order valence-electron chi connectivity index (χ4n) is 11.1. The van der Waals surface area contributed by atoms with E-state index in [9.17, 15) is 0 Å². The van der Waals surface area contributed by atoms with Crippen LogP contribution >= 0.6 is 0 Å². The number of benzene rings is 11. The van der Waals surface area contributed by atoms with Crippen molar-refractivity contribution < 1.29 is 4.42 Å². The lowest BCUT2D eigenvalue weighted by molar-refractivity contribution is 0.670. The molecule has 72 heavy (non-hydrogen) atoms. The topological polar surface area (TPSA) is 18.1 Å². The third-order valence-electron chi connectivity index (χ3n) is 14.4. The van der Waals surface area contributed by atoms with E-state index in [1.54, 1.807) is 0 Å². The molecule has 0 spiro atoms. The quantitative estimate of drug-likeness (QED) is 0.168. The van der Waals surface area contributed by atoms with Gasteiger partial charge < -0.3 is 8.98 Å². The van der Waals surface area contributed by atoms with Gasteiger partial charge in [-0.05, 0) is 107 Å². The Labute approximate surface area is 421 Å². The summed E-state index contributed by atoms with van der Waals surface area (Å²) >= 11 is 0. The number of aryl methyl sites for hydroxylation is 3. The maximum absolute atomic E-state index is 6.36. The molecular weight excluding hydrogens is 871 g/mol. The van der Waals surface area contributed by atoms with Gasteiger partial charge in [-0.3, -0.25) is 0 Å². The summed E-state index contributed by atoms with van der Waals surface area (Å²) in [6, 6.07) is 95.5. The standard InChI is InChI=1S/C38H26O.C19H15N.C13H12/c1-25-18-23-31-30-12-5-7-16-34(30)38(35(31)24-25,27-10-3-2-4-11-27)28-21-19-26(20-22-28)29-14-9-15-33-32-13-6-8-17-36(32)39-37(29)33;1-14-11-12-19-17(13-14)16-9-5-6-10-18(16)20(19)15-7-3-2-4-8-15;1-11-7-9-13(10-8-11)12-5-3-2-4-6-12/h2-24H,1H3;2-13H,1H3;2-10H,1H3. The first kappa shape index (κ1) is 44.2. The molecule has 2 heterocycles. The Kier molecular flexibility index (Phi) is 11.5. The summed E-state index contributed by atoms with van der Waals surface area (Å²) in [5, 5.41) is 4.95. The fraction of sp³-hybridized carbons (Fsp3) is 0.0571. The van der Waals surface area contributed by atoms with E-state index in [1.807, 2.05) is 18.2 Å². The van der Waals surface area contributed by atoms with Gasteiger partial charge in [0.15, 0.2) is 0 Å². The predicted molar refractivity (Wildman–Crippen MR) is 303 cm³/mol. The maximum Gasteiger partial charge on any atom is 0.143 e. The zero-order chi connectivity index (χ0) is 48.6. The minimum absolute atomic E-state index is 0.386. The smallest absolute Gasteiger partial charge is 0.143 e. The second kappa shape index (κ2) is 18.7. The van der Waals surface area contributed by atoms with Crippen LogP contribution in [0.15, 0.2) is 271 Å². The number of furan rings is 1. The molecule has 0 aliphatic heterocycles. The fourth-order valence-corrected chi connectivity index (χ4v) is 11.1. The highest BCUT2D eigenvalue weighted by Crippen LogP contribution is 2.56. The number of para-hydroxylation sites is 4. The van der Waals surface area contributed by atoms with Crippen molar-refractivity contribution in [3.63, 3.8) is 0 Å². The van der Waals surface area contributed by atoms with Crippen LogP contribution in [0.2, 0.25) is 0 Å². The molecular formula is C70H53NO. The molecule has 11 aromatic carbocycles. The van der Waals surface area contributed by atoms with E-state index in [2.05, 4.69) is 274 Å². The van der Waals surface area contributed by atoms with E-state index in [0.29, 0.717) is 0 Å². The SMILES string of the molecule is Cc1ccc(-c2ccccc2)cc1.Cc1ccc2c(c1)C(c1ccccc1)(c1ccc(-c3cccc4c3oc3ccccc34)cc1)c1ccccc1-2.Cc1ccc2c(c1)c1ccccc1n2-c1ccccc1. The maximum atomic E-state index is 6.36. The molecule has 0 saturated carbocycles. The molecule has 2 nitrogen and oxygen atoms in total. The largest absolute Gasteiger partial charge is 0.455 e. The van der Waals surface area contributed by atoms with E-state index >= 15 is 0 Å². The Morgan fingerprint density at radius 1 is 0.319 bits per heavy atom. The van der Waals surface area contributed by atoms with Crippen LogP contribution in [-0.4, -0.2) is 4.57 Å². The van der Waals surface area contributed by atoms with Gasteiger partial charge in [0.05, 0.1) is 16.4 Å². The molecule has 0 bridgehead atoms. The number of fused-ring (bicyclic) bond motifs is 9. The van der Waals surface area contributed by atoms with Gasteiger partial charge in [-0.1, -0.05) is 247 Å². The van der Waals surface area contributed by atoms with Crippen molar-refractivity contribution in [3.05, 3.63) is 306 Å². The first-order chi connectivity index (χ1) is 35.5. The summed E-state index contributed by atoms with van der Waals surface area (Å²) in [6.45, 7) is 6.44. The van der Waals surface area contributed by atoms with E-state index < -0.39 is 0 Å². The van der Waals surface area contributed by atoms with Gasteiger partial charge in [0.25, 0.3) is 0 Å². The van der Waals surface area contributed by atoms with Gasteiger partial charge in [0.2, 0.25) is 0 Å². The van der Waals surface area contributed by atoms with Crippen molar-refractivity contribution in [2.45, 2.75) is 26.2 Å². The molecule has 13 aromatic rings.